The van der Waals surface area contributed by atoms with Crippen LogP contribution in [-0.4, -0.2) is 59.5 Å². The van der Waals surface area contributed by atoms with Crippen molar-refractivity contribution >= 4 is 11.9 Å². The molecule has 0 spiro atoms. The Morgan fingerprint density at radius 1 is 1.09 bits per heavy atom. The van der Waals surface area contributed by atoms with Crippen LogP contribution in [0, 0.1) is 0 Å². The van der Waals surface area contributed by atoms with E-state index in [0.717, 1.165) is 51.5 Å². The van der Waals surface area contributed by atoms with Gasteiger partial charge in [-0.3, -0.25) is 9.69 Å². The largest absolute Gasteiger partial charge is 0.353 e. The summed E-state index contributed by atoms with van der Waals surface area (Å²) < 4.78 is 0. The average Bonchev–Trinajstić information content (AvgIpc) is 2.62. The lowest BCUT2D eigenvalue weighted by Gasteiger charge is -2.34. The molecule has 0 bridgehead atoms. The van der Waals surface area contributed by atoms with Gasteiger partial charge in [-0.05, 0) is 18.9 Å². The molecule has 6 heteroatoms. The van der Waals surface area contributed by atoms with Crippen LogP contribution in [-0.2, 0) is 4.79 Å². The first-order chi connectivity index (χ1) is 11.3. The van der Waals surface area contributed by atoms with Gasteiger partial charge in [0.25, 0.3) is 0 Å². The molecule has 1 saturated heterocycles. The minimum atomic E-state index is 0.214. The molecule has 0 radical (unpaired) electrons. The maximum absolute atomic E-state index is 12.1. The first-order valence-electron chi connectivity index (χ1n) is 8.85. The van der Waals surface area contributed by atoms with Gasteiger partial charge in [0.15, 0.2) is 0 Å². The highest BCUT2D eigenvalue weighted by atomic mass is 16.1. The van der Waals surface area contributed by atoms with Crippen molar-refractivity contribution < 1.29 is 4.79 Å². The Balaban J connectivity index is 1.35. The zero-order chi connectivity index (χ0) is 15.9. The van der Waals surface area contributed by atoms with Crippen molar-refractivity contribution in [2.45, 2.75) is 44.6 Å². The van der Waals surface area contributed by atoms with Crippen molar-refractivity contribution in [1.29, 1.82) is 0 Å². The second kappa shape index (κ2) is 8.24. The van der Waals surface area contributed by atoms with Crippen molar-refractivity contribution in [2.75, 3.05) is 37.6 Å². The molecule has 1 amide bonds. The van der Waals surface area contributed by atoms with Crippen LogP contribution < -0.4 is 10.2 Å². The third kappa shape index (κ3) is 4.89. The molecule has 2 fully saturated rings. The van der Waals surface area contributed by atoms with Crippen LogP contribution >= 0.6 is 0 Å². The van der Waals surface area contributed by atoms with Gasteiger partial charge in [0.05, 0.1) is 0 Å². The van der Waals surface area contributed by atoms with Gasteiger partial charge in [-0.2, -0.15) is 0 Å². The molecule has 0 atom stereocenters. The maximum atomic E-state index is 12.1. The number of hydrogen-bond donors (Lipinski definition) is 1. The lowest BCUT2D eigenvalue weighted by molar-refractivity contribution is -0.122. The number of nitrogens with one attached hydrogen (secondary N) is 1. The Hall–Kier alpha value is -1.69. The first-order valence-corrected chi connectivity index (χ1v) is 8.85. The second-order valence-electron chi connectivity index (χ2n) is 6.53. The number of aromatic nitrogens is 2. The number of rotatable bonds is 5. The monoisotopic (exact) mass is 317 g/mol. The Morgan fingerprint density at radius 2 is 1.78 bits per heavy atom. The van der Waals surface area contributed by atoms with E-state index in [1.54, 1.807) is 12.4 Å². The van der Waals surface area contributed by atoms with Gasteiger partial charge >= 0.3 is 0 Å². The Morgan fingerprint density at radius 3 is 2.48 bits per heavy atom. The molecule has 2 heterocycles. The molecule has 0 aromatic carbocycles. The van der Waals surface area contributed by atoms with E-state index in [2.05, 4.69) is 25.1 Å². The fraction of sp³-hybridized carbons (Fsp3) is 0.706. The van der Waals surface area contributed by atoms with Crippen LogP contribution in [0.5, 0.6) is 0 Å². The normalized spacial score (nSPS) is 20.4. The standard InChI is InChI=1S/C17H27N5O/c23-16(20-15-5-2-1-3-6-15)7-10-21-11-13-22(14-12-21)17-18-8-4-9-19-17/h4,8-9,15H,1-3,5-7,10-14H2,(H,20,23). The zero-order valence-electron chi connectivity index (χ0n) is 13.8. The number of carbonyl (C=O) groups excluding carboxylic acids is 1. The van der Waals surface area contributed by atoms with Crippen LogP contribution in [0.4, 0.5) is 5.95 Å². The van der Waals surface area contributed by atoms with Crippen molar-refractivity contribution in [3.8, 4) is 0 Å². The summed E-state index contributed by atoms with van der Waals surface area (Å²) in [4.78, 5) is 25.2. The topological polar surface area (TPSA) is 61.4 Å². The van der Waals surface area contributed by atoms with Gasteiger partial charge < -0.3 is 10.2 Å². The van der Waals surface area contributed by atoms with Crippen LogP contribution in [0.2, 0.25) is 0 Å². The van der Waals surface area contributed by atoms with Crippen LogP contribution in [0.1, 0.15) is 38.5 Å². The summed E-state index contributed by atoms with van der Waals surface area (Å²) in [5.74, 6) is 1.02. The highest BCUT2D eigenvalue weighted by Gasteiger charge is 2.20. The van der Waals surface area contributed by atoms with Gasteiger partial charge in [-0.1, -0.05) is 19.3 Å². The summed E-state index contributed by atoms with van der Waals surface area (Å²) in [6.45, 7) is 4.63. The fourth-order valence-electron chi connectivity index (χ4n) is 3.43. The van der Waals surface area contributed by atoms with Crippen molar-refractivity contribution in [3.05, 3.63) is 18.5 Å². The molecule has 2 aliphatic rings. The summed E-state index contributed by atoms with van der Waals surface area (Å²) >= 11 is 0. The zero-order valence-corrected chi connectivity index (χ0v) is 13.8. The van der Waals surface area contributed by atoms with E-state index >= 15 is 0 Å². The van der Waals surface area contributed by atoms with Crippen LogP contribution in [0.25, 0.3) is 0 Å². The summed E-state index contributed by atoms with van der Waals surface area (Å²) in [5.41, 5.74) is 0. The van der Waals surface area contributed by atoms with Crippen molar-refractivity contribution in [1.82, 2.24) is 20.2 Å². The molecule has 1 aromatic heterocycles. The van der Waals surface area contributed by atoms with E-state index in [1.807, 2.05) is 6.07 Å². The molecular formula is C17H27N5O. The van der Waals surface area contributed by atoms with E-state index in [-0.39, 0.29) is 5.91 Å². The molecule has 1 saturated carbocycles. The predicted octanol–water partition coefficient (Wildman–Crippen LogP) is 1.44. The number of anilines is 1. The van der Waals surface area contributed by atoms with E-state index in [1.165, 1.54) is 19.3 Å². The number of nitrogens with zero attached hydrogens (tertiary/aromatic N) is 4. The minimum absolute atomic E-state index is 0.214. The Bertz CT molecular complexity index is 481. The van der Waals surface area contributed by atoms with Crippen molar-refractivity contribution in [2.24, 2.45) is 0 Å². The van der Waals surface area contributed by atoms with Crippen LogP contribution in [0.3, 0.4) is 0 Å². The third-order valence-electron chi connectivity index (χ3n) is 4.83. The molecule has 1 aliphatic carbocycles. The summed E-state index contributed by atoms with van der Waals surface area (Å²) in [5, 5.41) is 3.20. The quantitative estimate of drug-likeness (QED) is 0.890. The number of amides is 1. The summed E-state index contributed by atoms with van der Waals surface area (Å²) in [7, 11) is 0. The third-order valence-corrected chi connectivity index (χ3v) is 4.83. The second-order valence-corrected chi connectivity index (χ2v) is 6.53. The van der Waals surface area contributed by atoms with Gasteiger partial charge in [0.1, 0.15) is 0 Å². The molecule has 23 heavy (non-hydrogen) atoms. The highest BCUT2D eigenvalue weighted by Crippen LogP contribution is 2.17. The number of piperazine rings is 1. The molecule has 1 aromatic rings. The van der Waals surface area contributed by atoms with Gasteiger partial charge in [-0.15, -0.1) is 0 Å². The molecule has 3 rings (SSSR count). The molecule has 6 nitrogen and oxygen atoms in total. The molecular weight excluding hydrogens is 290 g/mol. The average molecular weight is 317 g/mol. The summed E-state index contributed by atoms with van der Waals surface area (Å²) in [6, 6.07) is 2.26. The maximum Gasteiger partial charge on any atom is 0.225 e. The van der Waals surface area contributed by atoms with E-state index in [9.17, 15) is 4.79 Å². The first kappa shape index (κ1) is 16.2. The Labute approximate surface area is 138 Å². The van der Waals surface area contributed by atoms with E-state index in [0.29, 0.717) is 12.5 Å². The molecule has 1 N–H and O–H groups in total. The molecule has 0 unspecified atom stereocenters. The molecule has 1 aliphatic heterocycles. The smallest absolute Gasteiger partial charge is 0.225 e. The van der Waals surface area contributed by atoms with Gasteiger partial charge in [-0.25, -0.2) is 9.97 Å². The fourth-order valence-corrected chi connectivity index (χ4v) is 3.43. The predicted molar refractivity (Wildman–Crippen MR) is 90.3 cm³/mol. The van der Waals surface area contributed by atoms with Crippen LogP contribution in [0.15, 0.2) is 18.5 Å². The van der Waals surface area contributed by atoms with Gasteiger partial charge in [0, 0.05) is 57.6 Å². The SMILES string of the molecule is O=C(CCN1CCN(c2ncccn2)CC1)NC1CCCCC1. The van der Waals surface area contributed by atoms with E-state index in [4.69, 9.17) is 0 Å². The van der Waals surface area contributed by atoms with Crippen molar-refractivity contribution in [3.63, 3.8) is 0 Å². The van der Waals surface area contributed by atoms with E-state index < -0.39 is 0 Å². The minimum Gasteiger partial charge on any atom is -0.353 e. The number of carbonyl (C=O) groups is 1. The summed E-state index contributed by atoms with van der Waals surface area (Å²) in [6.07, 6.45) is 10.3. The highest BCUT2D eigenvalue weighted by molar-refractivity contribution is 5.76. The van der Waals surface area contributed by atoms with Gasteiger partial charge in [0.2, 0.25) is 11.9 Å². The Kier molecular flexibility index (Phi) is 5.80. The lowest BCUT2D eigenvalue weighted by Crippen LogP contribution is -2.48. The molecule has 126 valence electrons. The lowest BCUT2D eigenvalue weighted by atomic mass is 9.95. The number of hydrogen-bond acceptors (Lipinski definition) is 5.